The third-order valence-electron chi connectivity index (χ3n) is 11.6. The molecule has 1 heterocycles. The topological polar surface area (TPSA) is 415 Å². The molecule has 4 aromatic carbocycles. The van der Waals surface area contributed by atoms with Gasteiger partial charge in [0.2, 0.25) is 0 Å². The van der Waals surface area contributed by atoms with Gasteiger partial charge in [0.05, 0.1) is 28.1 Å². The molecule has 2 aliphatic rings. The Balaban J connectivity index is 1.68. The van der Waals surface area contributed by atoms with Gasteiger partial charge in [-0.15, -0.1) is 0 Å². The SMILES string of the molecule is Cc1cc(C)c(NC(=O)N(CC(=O)O)CC(=O)O)c(C)c1N=c1cc2oc3cc(Nc4c(C)cc(C)c(NC(=O)N(CC(=O)O)CC(=O)O)c4C)c(S(=O)(=O)O)cc3c(-c3ccccc3S(=O)(=O)O)c-2cc1S(=O)(=O)O. The van der Waals surface area contributed by atoms with Crippen LogP contribution in [0.15, 0.2) is 84.8 Å². The van der Waals surface area contributed by atoms with E-state index in [0.717, 1.165) is 30.3 Å². The number of amides is 4. The van der Waals surface area contributed by atoms with Crippen LogP contribution in [0.3, 0.4) is 0 Å². The van der Waals surface area contributed by atoms with E-state index >= 15 is 0 Å². The highest BCUT2D eigenvalue weighted by Crippen LogP contribution is 2.46. The number of anilines is 4. The number of aliphatic carboxylic acids is 4. The molecule has 0 saturated carbocycles. The molecule has 4 amide bonds. The molecule has 0 aromatic heterocycles. The summed E-state index contributed by atoms with van der Waals surface area (Å²) in [6.07, 6.45) is 0. The van der Waals surface area contributed by atoms with Gasteiger partial charge in [-0.05, 0) is 93.1 Å². The fourth-order valence-corrected chi connectivity index (χ4v) is 10.5. The molecule has 26 nitrogen and oxygen atoms in total. The summed E-state index contributed by atoms with van der Waals surface area (Å²) in [6, 6.07) is 9.21. The number of fused-ring (bicyclic) bond motifs is 2. The molecule has 0 atom stereocenters. The summed E-state index contributed by atoms with van der Waals surface area (Å²) in [7, 11) is -15.9. The maximum atomic E-state index is 13.4. The van der Waals surface area contributed by atoms with Crippen molar-refractivity contribution in [3.63, 3.8) is 0 Å². The first-order valence-corrected chi connectivity index (χ1v) is 26.1. The third-order valence-corrected chi connectivity index (χ3v) is 14.3. The Kier molecular flexibility index (Phi) is 16.0. The van der Waals surface area contributed by atoms with Crippen molar-refractivity contribution >= 4 is 106 Å². The summed E-state index contributed by atoms with van der Waals surface area (Å²) in [4.78, 5) is 75.4. The molecule has 6 rings (SSSR count). The summed E-state index contributed by atoms with van der Waals surface area (Å²) in [5.41, 5.74) is 0.0955. The van der Waals surface area contributed by atoms with Gasteiger partial charge in [0.15, 0.2) is 0 Å². The van der Waals surface area contributed by atoms with E-state index < -0.39 is 118 Å². The smallest absolute Gasteiger partial charge is 0.323 e. The summed E-state index contributed by atoms with van der Waals surface area (Å²) < 4.78 is 118. The van der Waals surface area contributed by atoms with E-state index in [0.29, 0.717) is 32.1 Å². The van der Waals surface area contributed by atoms with Crippen LogP contribution < -0.4 is 21.3 Å². The molecule has 0 unspecified atom stereocenters. The molecular formula is C47H46N6O20S3. The van der Waals surface area contributed by atoms with E-state index in [1.54, 1.807) is 27.7 Å². The summed E-state index contributed by atoms with van der Waals surface area (Å²) in [5.74, 6) is -6.41. The number of carboxylic acid groups (broad SMARTS) is 4. The lowest BCUT2D eigenvalue weighted by molar-refractivity contribution is -0.142. The molecule has 1 aliphatic heterocycles. The number of carbonyl (C=O) groups excluding carboxylic acids is 2. The Hall–Kier alpha value is -8.48. The lowest BCUT2D eigenvalue weighted by Gasteiger charge is -2.24. The first kappa shape index (κ1) is 56.8. The Morgan fingerprint density at radius 1 is 0.539 bits per heavy atom. The molecule has 1 aliphatic carbocycles. The summed E-state index contributed by atoms with van der Waals surface area (Å²) in [5, 5.41) is 44.3. The third kappa shape index (κ3) is 12.4. The van der Waals surface area contributed by atoms with Crippen LogP contribution in [0.5, 0.6) is 0 Å². The summed E-state index contributed by atoms with van der Waals surface area (Å²) >= 11 is 0. The van der Waals surface area contributed by atoms with Crippen LogP contribution in [-0.2, 0) is 49.5 Å². The van der Waals surface area contributed by atoms with Gasteiger partial charge in [0, 0.05) is 39.9 Å². The number of urea groups is 2. The molecule has 10 N–H and O–H groups in total. The van der Waals surface area contributed by atoms with E-state index in [1.165, 1.54) is 44.2 Å². The van der Waals surface area contributed by atoms with Crippen LogP contribution >= 0.6 is 0 Å². The quantitative estimate of drug-likeness (QED) is 0.0382. The van der Waals surface area contributed by atoms with Gasteiger partial charge in [-0.1, -0.05) is 30.3 Å². The predicted octanol–water partition coefficient (Wildman–Crippen LogP) is 5.78. The van der Waals surface area contributed by atoms with Gasteiger partial charge in [0.25, 0.3) is 30.4 Å². The number of carbonyl (C=O) groups is 6. The largest absolute Gasteiger partial charge is 0.480 e. The van der Waals surface area contributed by atoms with Crippen LogP contribution in [0.25, 0.3) is 33.4 Å². The molecule has 76 heavy (non-hydrogen) atoms. The molecule has 0 fully saturated rings. The Bertz CT molecular complexity index is 3840. The van der Waals surface area contributed by atoms with Crippen LogP contribution in [0.1, 0.15) is 33.4 Å². The van der Waals surface area contributed by atoms with Gasteiger partial charge >= 0.3 is 35.9 Å². The number of benzene rings is 5. The van der Waals surface area contributed by atoms with Crippen molar-refractivity contribution in [2.75, 3.05) is 42.1 Å². The zero-order valence-electron chi connectivity index (χ0n) is 40.6. The second-order valence-electron chi connectivity index (χ2n) is 17.2. The molecule has 402 valence electrons. The maximum absolute atomic E-state index is 13.4. The second kappa shape index (κ2) is 21.4. The molecule has 0 spiro atoms. The Labute approximate surface area is 431 Å². The van der Waals surface area contributed by atoms with E-state index in [1.807, 2.05) is 0 Å². The molecule has 4 aromatic rings. The van der Waals surface area contributed by atoms with E-state index in [2.05, 4.69) is 20.9 Å². The number of hydrogen-bond donors (Lipinski definition) is 10. The minimum atomic E-state index is -5.36. The van der Waals surface area contributed by atoms with Gasteiger partial charge in [-0.25, -0.2) is 14.6 Å². The molecular weight excluding hydrogens is 1060 g/mol. The van der Waals surface area contributed by atoms with Gasteiger partial charge in [0.1, 0.15) is 52.2 Å². The number of aryl methyl sites for hydroxylation is 4. The van der Waals surface area contributed by atoms with Gasteiger partial charge < -0.3 is 50.6 Å². The second-order valence-corrected chi connectivity index (χ2v) is 21.4. The van der Waals surface area contributed by atoms with Crippen molar-refractivity contribution in [1.29, 1.82) is 0 Å². The minimum absolute atomic E-state index is 0.00525. The monoisotopic (exact) mass is 1110 g/mol. The maximum Gasteiger partial charge on any atom is 0.323 e. The molecule has 0 saturated heterocycles. The van der Waals surface area contributed by atoms with Crippen molar-refractivity contribution < 1.29 is 92.5 Å². The lowest BCUT2D eigenvalue weighted by Crippen LogP contribution is -2.42. The van der Waals surface area contributed by atoms with Crippen molar-refractivity contribution in [2.24, 2.45) is 4.99 Å². The Morgan fingerprint density at radius 2 is 1.00 bits per heavy atom. The fraction of sp³-hybridized carbons (Fsp3) is 0.213. The standard InChI is InChI=1S/C47H46N6O20S3/c1-21-11-23(3)44(50-46(62)52(17-37(54)55)18-38(56)57)25(5)42(21)48-30-15-32-28(13-35(30)75(67,68)69)41(27-9-7-8-10-34(27)74(64,65)66)29-14-36(76(70,71)72)31(16-33(29)73-32)49-43-22(2)12-24(4)45(26(43)6)51-47(63)53(19-39(58)59)20-40(60)61/h7-16,48H,17-20H2,1-6H3,(H,50,62)(H,51,63)(H,54,55)(H,56,57)(H,58,59)(H,60,61)(H,64,65,66)(H,67,68,69)(H,70,71,72). The zero-order chi connectivity index (χ0) is 56.7. The van der Waals surface area contributed by atoms with Crippen LogP contribution in [0.2, 0.25) is 0 Å². The normalized spacial score (nSPS) is 12.1. The zero-order valence-corrected chi connectivity index (χ0v) is 43.1. The average Bonchev–Trinajstić information content (AvgIpc) is 3.28. The number of carboxylic acids is 4. The summed E-state index contributed by atoms with van der Waals surface area (Å²) in [6.45, 7) is 5.13. The first-order chi connectivity index (χ1) is 35.2. The lowest BCUT2D eigenvalue weighted by atomic mass is 9.93. The predicted molar refractivity (Wildman–Crippen MR) is 269 cm³/mol. The average molecular weight is 1110 g/mol. The number of nitrogens with one attached hydrogen (secondary N) is 3. The Morgan fingerprint density at radius 3 is 1.49 bits per heavy atom. The van der Waals surface area contributed by atoms with Crippen molar-refractivity contribution in [3.05, 3.63) is 99.4 Å². The highest BCUT2D eigenvalue weighted by atomic mass is 32.2. The highest BCUT2D eigenvalue weighted by Gasteiger charge is 2.31. The van der Waals surface area contributed by atoms with Gasteiger partial charge in [-0.3, -0.25) is 32.8 Å². The van der Waals surface area contributed by atoms with Crippen molar-refractivity contribution in [3.8, 4) is 22.5 Å². The first-order valence-electron chi connectivity index (χ1n) is 21.8. The van der Waals surface area contributed by atoms with Crippen LogP contribution in [0, 0.1) is 41.5 Å². The molecule has 29 heteroatoms. The van der Waals surface area contributed by atoms with Crippen LogP contribution in [0.4, 0.5) is 38.0 Å². The number of nitrogens with zero attached hydrogens (tertiary/aromatic N) is 3. The van der Waals surface area contributed by atoms with Crippen LogP contribution in [-0.4, -0.2) is 131 Å². The highest BCUT2D eigenvalue weighted by molar-refractivity contribution is 7.86. The fourth-order valence-electron chi connectivity index (χ4n) is 8.51. The van der Waals surface area contributed by atoms with Crippen molar-refractivity contribution in [2.45, 2.75) is 56.2 Å². The minimum Gasteiger partial charge on any atom is -0.480 e. The number of rotatable bonds is 17. The number of hydrogen-bond acceptors (Lipinski definition) is 15. The van der Waals surface area contributed by atoms with E-state index in [9.17, 15) is 88.1 Å². The van der Waals surface area contributed by atoms with Gasteiger partial charge in [-0.2, -0.15) is 25.3 Å². The molecule has 0 bridgehead atoms. The molecule has 0 radical (unpaired) electrons. The van der Waals surface area contributed by atoms with E-state index in [-0.39, 0.29) is 67.3 Å². The van der Waals surface area contributed by atoms with Crippen molar-refractivity contribution in [1.82, 2.24) is 9.80 Å². The van der Waals surface area contributed by atoms with E-state index in [4.69, 9.17) is 4.42 Å².